The number of nitrogens with zero attached hydrogens (tertiary/aromatic N) is 3. The molecule has 162 valence electrons. The maximum atomic E-state index is 13.4. The van der Waals surface area contributed by atoms with Crippen LogP contribution < -0.4 is 9.64 Å². The summed E-state index contributed by atoms with van der Waals surface area (Å²) in [5, 5.41) is 0.685. The molecule has 30 heavy (non-hydrogen) atoms. The first kappa shape index (κ1) is 22.6. The Kier molecular flexibility index (Phi) is 7.36. The zero-order chi connectivity index (χ0) is 20.4. The minimum absolute atomic E-state index is 0. The highest BCUT2D eigenvalue weighted by atomic mass is 35.5. The van der Waals surface area contributed by atoms with Crippen molar-refractivity contribution in [1.82, 2.24) is 9.88 Å². The fraction of sp³-hybridized carbons (Fsp3) is 0.429. The number of halogens is 1. The van der Waals surface area contributed by atoms with Gasteiger partial charge in [0.15, 0.2) is 5.13 Å². The van der Waals surface area contributed by atoms with Gasteiger partial charge in [-0.3, -0.25) is 14.6 Å². The molecule has 1 aliphatic heterocycles. The number of carbonyl (C=O) groups excluding carboxylic acids is 1. The van der Waals surface area contributed by atoms with E-state index in [2.05, 4.69) is 4.90 Å². The Morgan fingerprint density at radius 1 is 1.27 bits per heavy atom. The molecule has 9 heteroatoms. The molecule has 1 aliphatic rings. The van der Waals surface area contributed by atoms with E-state index in [4.69, 9.17) is 18.9 Å². The normalized spacial score (nSPS) is 14.5. The maximum absolute atomic E-state index is 13.4. The van der Waals surface area contributed by atoms with Crippen LogP contribution >= 0.6 is 23.7 Å². The molecule has 0 atom stereocenters. The van der Waals surface area contributed by atoms with E-state index in [1.165, 1.54) is 11.3 Å². The van der Waals surface area contributed by atoms with Crippen molar-refractivity contribution in [3.63, 3.8) is 0 Å². The predicted octanol–water partition coefficient (Wildman–Crippen LogP) is 3.92. The summed E-state index contributed by atoms with van der Waals surface area (Å²) in [6.07, 6.45) is 0. The molecule has 0 unspecified atom stereocenters. The Labute approximate surface area is 186 Å². The van der Waals surface area contributed by atoms with Crippen molar-refractivity contribution in [3.05, 3.63) is 41.3 Å². The second-order valence-corrected chi connectivity index (χ2v) is 8.08. The third-order valence-electron chi connectivity index (χ3n) is 5.07. The molecule has 0 spiro atoms. The summed E-state index contributed by atoms with van der Waals surface area (Å²) < 4.78 is 17.4. The lowest BCUT2D eigenvalue weighted by Gasteiger charge is -2.29. The Morgan fingerprint density at radius 3 is 2.70 bits per heavy atom. The van der Waals surface area contributed by atoms with Crippen LogP contribution in [-0.2, 0) is 4.74 Å². The van der Waals surface area contributed by atoms with E-state index in [-0.39, 0.29) is 18.3 Å². The third kappa shape index (κ3) is 4.78. The molecule has 0 bridgehead atoms. The Balaban J connectivity index is 0.00000256. The van der Waals surface area contributed by atoms with Crippen LogP contribution in [0.15, 0.2) is 28.7 Å². The second-order valence-electron chi connectivity index (χ2n) is 7.07. The van der Waals surface area contributed by atoms with Crippen molar-refractivity contribution >= 4 is 45.0 Å². The van der Waals surface area contributed by atoms with Crippen LogP contribution in [0.4, 0.5) is 5.13 Å². The van der Waals surface area contributed by atoms with Gasteiger partial charge in [-0.1, -0.05) is 11.3 Å². The number of aryl methyl sites for hydroxylation is 2. The van der Waals surface area contributed by atoms with E-state index in [0.29, 0.717) is 23.0 Å². The number of aromatic nitrogens is 1. The van der Waals surface area contributed by atoms with Gasteiger partial charge in [0.05, 0.1) is 36.1 Å². The number of ether oxygens (including phenoxy) is 2. The standard InChI is InChI=1S/C21H25N3O4S.ClH/c1-14-12-17(15(2)28-14)20(25)24(7-6-23-8-10-27-11-9-23)21-22-18-13-16(26-3)4-5-19(18)29-21;/h4-5,12-13H,6-11H2,1-3H3;1H. The van der Waals surface area contributed by atoms with Crippen molar-refractivity contribution in [2.75, 3.05) is 51.4 Å². The van der Waals surface area contributed by atoms with E-state index in [1.807, 2.05) is 32.0 Å². The zero-order valence-corrected chi connectivity index (χ0v) is 19.0. The number of methoxy groups -OCH3 is 1. The lowest BCUT2D eigenvalue weighted by atomic mass is 10.2. The fourth-order valence-corrected chi connectivity index (χ4v) is 4.45. The van der Waals surface area contributed by atoms with Crippen LogP contribution in [0, 0.1) is 13.8 Å². The van der Waals surface area contributed by atoms with Crippen LogP contribution in [0.3, 0.4) is 0 Å². The van der Waals surface area contributed by atoms with Gasteiger partial charge in [-0.05, 0) is 32.0 Å². The Hall–Kier alpha value is -2.13. The number of hydrogen-bond donors (Lipinski definition) is 0. The highest BCUT2D eigenvalue weighted by Gasteiger charge is 2.25. The third-order valence-corrected chi connectivity index (χ3v) is 6.13. The summed E-state index contributed by atoms with van der Waals surface area (Å²) in [6.45, 7) is 8.22. The summed E-state index contributed by atoms with van der Waals surface area (Å²) in [5.74, 6) is 2.03. The van der Waals surface area contributed by atoms with Crippen LogP contribution in [0.25, 0.3) is 10.2 Å². The highest BCUT2D eigenvalue weighted by Crippen LogP contribution is 2.32. The molecule has 3 heterocycles. The topological polar surface area (TPSA) is 68.0 Å². The second kappa shape index (κ2) is 9.78. The van der Waals surface area contributed by atoms with Gasteiger partial charge in [0.1, 0.15) is 17.3 Å². The van der Waals surface area contributed by atoms with E-state index >= 15 is 0 Å². The van der Waals surface area contributed by atoms with Crippen molar-refractivity contribution < 1.29 is 18.7 Å². The lowest BCUT2D eigenvalue weighted by molar-refractivity contribution is 0.0391. The summed E-state index contributed by atoms with van der Waals surface area (Å²) in [5.41, 5.74) is 1.41. The first-order valence-corrected chi connectivity index (χ1v) is 10.5. The Bertz CT molecular complexity index is 1010. The molecule has 0 aliphatic carbocycles. The van der Waals surface area contributed by atoms with Crippen molar-refractivity contribution in [2.45, 2.75) is 13.8 Å². The van der Waals surface area contributed by atoms with Crippen LogP contribution in [0.5, 0.6) is 5.75 Å². The van der Waals surface area contributed by atoms with E-state index in [9.17, 15) is 4.79 Å². The van der Waals surface area contributed by atoms with Gasteiger partial charge in [-0.25, -0.2) is 4.98 Å². The molecule has 3 aromatic rings. The van der Waals surface area contributed by atoms with Crippen molar-refractivity contribution in [3.8, 4) is 5.75 Å². The summed E-state index contributed by atoms with van der Waals surface area (Å²) >= 11 is 1.51. The largest absolute Gasteiger partial charge is 0.497 e. The van der Waals surface area contributed by atoms with Gasteiger partial charge in [-0.2, -0.15) is 0 Å². The number of hydrogen-bond acceptors (Lipinski definition) is 7. The fourth-order valence-electron chi connectivity index (χ4n) is 3.48. The maximum Gasteiger partial charge on any atom is 0.263 e. The molecule has 7 nitrogen and oxygen atoms in total. The van der Waals surface area contributed by atoms with Crippen LogP contribution in [-0.4, -0.2) is 62.3 Å². The number of thiazole rings is 1. The molecule has 1 saturated heterocycles. The van der Waals surface area contributed by atoms with E-state index in [0.717, 1.165) is 54.6 Å². The summed E-state index contributed by atoms with van der Waals surface area (Å²) in [4.78, 5) is 22.2. The quantitative estimate of drug-likeness (QED) is 0.566. The number of furan rings is 1. The van der Waals surface area contributed by atoms with Gasteiger partial charge in [0.2, 0.25) is 0 Å². The molecular formula is C21H26ClN3O4S. The van der Waals surface area contributed by atoms with Crippen LogP contribution in [0.1, 0.15) is 21.9 Å². The molecule has 1 aromatic carbocycles. The summed E-state index contributed by atoms with van der Waals surface area (Å²) in [7, 11) is 1.64. The molecular weight excluding hydrogens is 426 g/mol. The smallest absolute Gasteiger partial charge is 0.263 e. The van der Waals surface area contributed by atoms with Gasteiger partial charge >= 0.3 is 0 Å². The average molecular weight is 452 g/mol. The minimum atomic E-state index is -0.0846. The Morgan fingerprint density at radius 2 is 2.03 bits per heavy atom. The van der Waals surface area contributed by atoms with E-state index < -0.39 is 0 Å². The van der Waals surface area contributed by atoms with Gasteiger partial charge < -0.3 is 13.9 Å². The number of carbonyl (C=O) groups is 1. The van der Waals surface area contributed by atoms with Gasteiger partial charge in [0.25, 0.3) is 5.91 Å². The number of amides is 1. The number of fused-ring (bicyclic) bond motifs is 1. The molecule has 0 saturated carbocycles. The predicted molar refractivity (Wildman–Crippen MR) is 121 cm³/mol. The van der Waals surface area contributed by atoms with Gasteiger partial charge in [-0.15, -0.1) is 12.4 Å². The number of benzene rings is 1. The monoisotopic (exact) mass is 451 g/mol. The van der Waals surface area contributed by atoms with E-state index in [1.54, 1.807) is 18.1 Å². The van der Waals surface area contributed by atoms with Crippen molar-refractivity contribution in [1.29, 1.82) is 0 Å². The first-order chi connectivity index (χ1) is 14.0. The van der Waals surface area contributed by atoms with Crippen molar-refractivity contribution in [2.24, 2.45) is 0 Å². The molecule has 0 N–H and O–H groups in total. The van der Waals surface area contributed by atoms with Gasteiger partial charge in [0, 0.05) is 32.2 Å². The lowest BCUT2D eigenvalue weighted by Crippen LogP contribution is -2.43. The number of rotatable bonds is 6. The molecule has 0 radical (unpaired) electrons. The highest BCUT2D eigenvalue weighted by molar-refractivity contribution is 7.22. The molecule has 1 amide bonds. The first-order valence-electron chi connectivity index (χ1n) is 9.69. The SMILES string of the molecule is COc1ccc2sc(N(CCN3CCOCC3)C(=O)c3cc(C)oc3C)nc2c1.Cl. The number of anilines is 1. The molecule has 1 fully saturated rings. The molecule has 4 rings (SSSR count). The minimum Gasteiger partial charge on any atom is -0.497 e. The zero-order valence-electron chi connectivity index (χ0n) is 17.3. The summed E-state index contributed by atoms with van der Waals surface area (Å²) in [6, 6.07) is 7.59. The van der Waals surface area contributed by atoms with Crippen LogP contribution in [0.2, 0.25) is 0 Å². The average Bonchev–Trinajstić information content (AvgIpc) is 3.30. The number of morpholine rings is 1. The molecule has 2 aromatic heterocycles.